The van der Waals surface area contributed by atoms with E-state index in [9.17, 15) is 8.42 Å². The average molecular weight is 227 g/mol. The van der Waals surface area contributed by atoms with Crippen molar-refractivity contribution in [2.45, 2.75) is 37.4 Å². The number of halogens is 1. The molecule has 0 aliphatic heterocycles. The summed E-state index contributed by atoms with van der Waals surface area (Å²) in [5, 5.41) is 0. The maximum Gasteiger partial charge on any atom is 0.238 e. The van der Waals surface area contributed by atoms with Gasteiger partial charge in [-0.3, -0.25) is 0 Å². The molecule has 1 rings (SSSR count). The van der Waals surface area contributed by atoms with Crippen LogP contribution in [0.4, 0.5) is 0 Å². The second-order valence-electron chi connectivity index (χ2n) is 3.48. The van der Waals surface area contributed by atoms with Crippen LogP contribution in [0.1, 0.15) is 32.6 Å². The summed E-state index contributed by atoms with van der Waals surface area (Å²) >= 11 is 0. The van der Waals surface area contributed by atoms with E-state index in [0.717, 1.165) is 6.42 Å². The van der Waals surface area contributed by atoms with Gasteiger partial charge in [-0.05, 0) is 25.7 Å². The topological polar surface area (TPSA) is 43.4 Å². The first kappa shape index (κ1) is 11.3. The summed E-state index contributed by atoms with van der Waals surface area (Å²) in [5.41, 5.74) is 0. The van der Waals surface area contributed by atoms with Crippen LogP contribution in [0.2, 0.25) is 0 Å². The molecule has 0 radical (unpaired) electrons. The Balaban J connectivity index is 2.29. The molecule has 0 atom stereocenters. The highest BCUT2D eigenvalue weighted by Gasteiger charge is 2.53. The molecule has 0 spiro atoms. The summed E-state index contributed by atoms with van der Waals surface area (Å²) in [4.78, 5) is 0. The molecule has 0 aromatic heterocycles. The SMILES string of the molecule is CCCOCCC1(S(=O)(=O)Cl)CC1. The summed E-state index contributed by atoms with van der Waals surface area (Å²) in [6.07, 6.45) is 2.88. The fourth-order valence-electron chi connectivity index (χ4n) is 1.26. The van der Waals surface area contributed by atoms with Gasteiger partial charge >= 0.3 is 0 Å². The Morgan fingerprint density at radius 3 is 2.38 bits per heavy atom. The zero-order valence-electron chi connectivity index (χ0n) is 7.75. The number of rotatable bonds is 6. The molecule has 1 saturated carbocycles. The van der Waals surface area contributed by atoms with Crippen LogP contribution in [0.25, 0.3) is 0 Å². The average Bonchev–Trinajstić information content (AvgIpc) is 2.77. The Kier molecular flexibility index (Phi) is 3.60. The van der Waals surface area contributed by atoms with Gasteiger partial charge in [0.25, 0.3) is 0 Å². The highest BCUT2D eigenvalue weighted by Crippen LogP contribution is 2.48. The van der Waals surface area contributed by atoms with E-state index in [0.29, 0.717) is 32.5 Å². The largest absolute Gasteiger partial charge is 0.381 e. The van der Waals surface area contributed by atoms with Crippen LogP contribution in [-0.2, 0) is 13.8 Å². The first-order valence-corrected chi connectivity index (χ1v) is 6.85. The summed E-state index contributed by atoms with van der Waals surface area (Å²) in [6.45, 7) is 3.21. The molecule has 5 heteroatoms. The predicted octanol–water partition coefficient (Wildman–Crippen LogP) is 1.90. The Hall–Kier alpha value is 0.200. The van der Waals surface area contributed by atoms with Crippen molar-refractivity contribution in [2.75, 3.05) is 13.2 Å². The molecule has 0 N–H and O–H groups in total. The van der Waals surface area contributed by atoms with Crippen LogP contribution in [0.3, 0.4) is 0 Å². The van der Waals surface area contributed by atoms with E-state index in [-0.39, 0.29) is 0 Å². The molecular weight excluding hydrogens is 212 g/mol. The van der Waals surface area contributed by atoms with Crippen LogP contribution < -0.4 is 0 Å². The van der Waals surface area contributed by atoms with Crippen molar-refractivity contribution in [3.63, 3.8) is 0 Å². The lowest BCUT2D eigenvalue weighted by Crippen LogP contribution is -2.20. The Labute approximate surface area is 83.8 Å². The lowest BCUT2D eigenvalue weighted by Gasteiger charge is -2.10. The fourth-order valence-corrected chi connectivity index (χ4v) is 2.87. The van der Waals surface area contributed by atoms with E-state index >= 15 is 0 Å². The van der Waals surface area contributed by atoms with E-state index in [1.807, 2.05) is 6.92 Å². The number of hydrogen-bond acceptors (Lipinski definition) is 3. The third-order valence-electron chi connectivity index (χ3n) is 2.38. The minimum Gasteiger partial charge on any atom is -0.381 e. The minimum atomic E-state index is -3.39. The van der Waals surface area contributed by atoms with Crippen molar-refractivity contribution >= 4 is 19.7 Å². The zero-order valence-corrected chi connectivity index (χ0v) is 9.33. The monoisotopic (exact) mass is 226 g/mol. The zero-order chi connectivity index (χ0) is 9.95. The molecule has 0 unspecified atom stereocenters. The van der Waals surface area contributed by atoms with Gasteiger partial charge in [0.1, 0.15) is 0 Å². The molecule has 3 nitrogen and oxygen atoms in total. The predicted molar refractivity (Wildman–Crippen MR) is 52.5 cm³/mol. The quantitative estimate of drug-likeness (QED) is 0.513. The minimum absolute atomic E-state index is 0.500. The molecule has 1 aliphatic rings. The maximum atomic E-state index is 11.1. The normalized spacial score (nSPS) is 20.2. The third-order valence-corrected chi connectivity index (χ3v) is 5.00. The molecule has 1 aliphatic carbocycles. The van der Waals surface area contributed by atoms with Gasteiger partial charge in [0.2, 0.25) is 9.05 Å². The highest BCUT2D eigenvalue weighted by molar-refractivity contribution is 8.15. The molecule has 13 heavy (non-hydrogen) atoms. The van der Waals surface area contributed by atoms with Gasteiger partial charge in [-0.1, -0.05) is 6.92 Å². The molecular formula is C8H15ClO3S. The fraction of sp³-hybridized carbons (Fsp3) is 1.00. The van der Waals surface area contributed by atoms with Gasteiger partial charge in [0.05, 0.1) is 4.75 Å². The number of hydrogen-bond donors (Lipinski definition) is 0. The van der Waals surface area contributed by atoms with Gasteiger partial charge in [-0.25, -0.2) is 8.42 Å². The lowest BCUT2D eigenvalue weighted by atomic mass is 10.3. The van der Waals surface area contributed by atoms with Crippen LogP contribution in [0.5, 0.6) is 0 Å². The molecule has 0 amide bonds. The lowest BCUT2D eigenvalue weighted by molar-refractivity contribution is 0.130. The van der Waals surface area contributed by atoms with Crippen LogP contribution in [0, 0.1) is 0 Å². The van der Waals surface area contributed by atoms with Gasteiger partial charge in [-0.15, -0.1) is 0 Å². The van der Waals surface area contributed by atoms with Crippen LogP contribution in [-0.4, -0.2) is 26.4 Å². The first-order valence-electron chi connectivity index (χ1n) is 4.54. The molecule has 0 bridgehead atoms. The molecule has 0 aromatic carbocycles. The Morgan fingerprint density at radius 2 is 2.00 bits per heavy atom. The van der Waals surface area contributed by atoms with Crippen molar-refractivity contribution in [1.82, 2.24) is 0 Å². The van der Waals surface area contributed by atoms with Crippen LogP contribution >= 0.6 is 10.7 Å². The maximum absolute atomic E-state index is 11.1. The van der Waals surface area contributed by atoms with E-state index in [1.165, 1.54) is 0 Å². The molecule has 0 saturated heterocycles. The van der Waals surface area contributed by atoms with Gasteiger partial charge in [-0.2, -0.15) is 0 Å². The van der Waals surface area contributed by atoms with Crippen molar-refractivity contribution in [3.05, 3.63) is 0 Å². The standard InChI is InChI=1S/C8H15ClO3S/c1-2-6-12-7-5-8(3-4-8)13(9,10)11/h2-7H2,1H3. The highest BCUT2D eigenvalue weighted by atomic mass is 35.7. The Morgan fingerprint density at radius 1 is 1.38 bits per heavy atom. The molecule has 0 aromatic rings. The van der Waals surface area contributed by atoms with E-state index in [2.05, 4.69) is 0 Å². The Bertz CT molecular complexity index is 257. The summed E-state index contributed by atoms with van der Waals surface area (Å²) in [7, 11) is 1.93. The van der Waals surface area contributed by atoms with Crippen LogP contribution in [0.15, 0.2) is 0 Å². The third kappa shape index (κ3) is 2.82. The smallest absolute Gasteiger partial charge is 0.238 e. The van der Waals surface area contributed by atoms with Crippen molar-refractivity contribution in [2.24, 2.45) is 0 Å². The summed E-state index contributed by atoms with van der Waals surface area (Å²) in [5.74, 6) is 0. The number of ether oxygens (including phenoxy) is 1. The second kappa shape index (κ2) is 4.15. The van der Waals surface area contributed by atoms with Gasteiger partial charge in [0.15, 0.2) is 0 Å². The van der Waals surface area contributed by atoms with Crippen molar-refractivity contribution in [1.29, 1.82) is 0 Å². The molecule has 78 valence electrons. The van der Waals surface area contributed by atoms with Gasteiger partial charge < -0.3 is 4.74 Å². The first-order chi connectivity index (χ1) is 6.02. The molecule has 0 heterocycles. The van der Waals surface area contributed by atoms with Crippen molar-refractivity contribution < 1.29 is 13.2 Å². The van der Waals surface area contributed by atoms with E-state index < -0.39 is 13.8 Å². The second-order valence-corrected chi connectivity index (χ2v) is 6.44. The molecule has 1 fully saturated rings. The van der Waals surface area contributed by atoms with E-state index in [4.69, 9.17) is 15.4 Å². The summed E-state index contributed by atoms with van der Waals surface area (Å²) < 4.78 is 26.8. The van der Waals surface area contributed by atoms with Crippen molar-refractivity contribution in [3.8, 4) is 0 Å². The van der Waals surface area contributed by atoms with E-state index in [1.54, 1.807) is 0 Å². The summed E-state index contributed by atoms with van der Waals surface area (Å²) in [6, 6.07) is 0. The van der Waals surface area contributed by atoms with Gasteiger partial charge in [0, 0.05) is 23.9 Å².